The molecule has 0 bridgehead atoms. The molecule has 0 saturated carbocycles. The molecule has 0 aliphatic heterocycles. The fourth-order valence-electron chi connectivity index (χ4n) is 2.97. The monoisotopic (exact) mass is 437 g/mol. The van der Waals surface area contributed by atoms with Crippen LogP contribution in [0.25, 0.3) is 10.9 Å². The molecule has 2 aromatic carbocycles. The minimum atomic E-state index is -0.632. The number of benzene rings is 2. The molecule has 3 aromatic rings. The molecular formula is C21H21Cl2NO3S. The van der Waals surface area contributed by atoms with Crippen LogP contribution in [-0.2, 0) is 17.5 Å². The zero-order valence-electron chi connectivity index (χ0n) is 16.0. The van der Waals surface area contributed by atoms with E-state index < -0.39 is 11.6 Å². The number of thioether (sulfide) groups is 1. The number of carbonyl (C=O) groups excluding carboxylic acids is 1. The van der Waals surface area contributed by atoms with E-state index in [1.54, 1.807) is 36.4 Å². The topological polar surface area (TPSA) is 51.5 Å². The van der Waals surface area contributed by atoms with Crippen molar-refractivity contribution in [1.82, 2.24) is 4.57 Å². The second-order valence-corrected chi connectivity index (χ2v) is 9.22. The SMILES string of the molecule is Cn1c(CSc2c(Cl)cccc2Cl)c(C(=O)OC(C)(C)C)c2cc(O)ccc21. The third kappa shape index (κ3) is 4.27. The van der Waals surface area contributed by atoms with Crippen molar-refractivity contribution in [3.63, 3.8) is 0 Å². The maximum atomic E-state index is 13.0. The molecule has 28 heavy (non-hydrogen) atoms. The summed E-state index contributed by atoms with van der Waals surface area (Å²) in [5.74, 6) is 0.130. The van der Waals surface area contributed by atoms with Gasteiger partial charge in [-0.1, -0.05) is 29.3 Å². The molecule has 1 aromatic heterocycles. The van der Waals surface area contributed by atoms with Gasteiger partial charge in [0, 0.05) is 34.3 Å². The van der Waals surface area contributed by atoms with Crippen molar-refractivity contribution in [3.8, 4) is 5.75 Å². The van der Waals surface area contributed by atoms with Gasteiger partial charge in [0.2, 0.25) is 0 Å². The maximum Gasteiger partial charge on any atom is 0.341 e. The van der Waals surface area contributed by atoms with Gasteiger partial charge in [-0.05, 0) is 51.1 Å². The molecule has 0 saturated heterocycles. The van der Waals surface area contributed by atoms with Crippen molar-refractivity contribution in [2.75, 3.05) is 0 Å². The number of phenols is 1. The second kappa shape index (κ2) is 7.90. The van der Waals surface area contributed by atoms with E-state index in [9.17, 15) is 9.90 Å². The molecule has 0 spiro atoms. The Labute approximate surface area is 178 Å². The Bertz CT molecular complexity index is 1030. The fourth-order valence-corrected chi connectivity index (χ4v) is 4.73. The molecule has 0 atom stereocenters. The van der Waals surface area contributed by atoms with E-state index in [1.165, 1.54) is 11.8 Å². The summed E-state index contributed by atoms with van der Waals surface area (Å²) in [7, 11) is 1.89. The third-order valence-electron chi connectivity index (χ3n) is 4.18. The van der Waals surface area contributed by atoms with Crippen molar-refractivity contribution < 1.29 is 14.6 Å². The highest BCUT2D eigenvalue weighted by Crippen LogP contribution is 2.38. The summed E-state index contributed by atoms with van der Waals surface area (Å²) in [5.41, 5.74) is 1.42. The Hall–Kier alpha value is -1.82. The van der Waals surface area contributed by atoms with Gasteiger partial charge in [0.15, 0.2) is 0 Å². The number of aryl methyl sites for hydroxylation is 1. The van der Waals surface area contributed by atoms with Crippen LogP contribution in [0.2, 0.25) is 10.0 Å². The average Bonchev–Trinajstić information content (AvgIpc) is 2.84. The molecule has 0 radical (unpaired) electrons. The lowest BCUT2D eigenvalue weighted by atomic mass is 10.1. The van der Waals surface area contributed by atoms with Gasteiger partial charge < -0.3 is 14.4 Å². The lowest BCUT2D eigenvalue weighted by Crippen LogP contribution is -2.24. The van der Waals surface area contributed by atoms with Gasteiger partial charge >= 0.3 is 5.97 Å². The average molecular weight is 438 g/mol. The highest BCUT2D eigenvalue weighted by Gasteiger charge is 2.26. The van der Waals surface area contributed by atoms with Gasteiger partial charge in [-0.15, -0.1) is 11.8 Å². The Kier molecular flexibility index (Phi) is 5.89. The molecule has 1 heterocycles. The third-order valence-corrected chi connectivity index (χ3v) is 6.18. The van der Waals surface area contributed by atoms with Crippen LogP contribution in [0.5, 0.6) is 5.75 Å². The number of phenolic OH excluding ortho intramolecular Hbond substituents is 1. The number of hydrogen-bond donors (Lipinski definition) is 1. The number of esters is 1. The quantitative estimate of drug-likeness (QED) is 0.376. The molecule has 0 amide bonds. The Balaban J connectivity index is 2.09. The van der Waals surface area contributed by atoms with Gasteiger partial charge in [-0.3, -0.25) is 0 Å². The van der Waals surface area contributed by atoms with Gasteiger partial charge in [0.05, 0.1) is 15.6 Å². The number of carbonyl (C=O) groups is 1. The van der Waals surface area contributed by atoms with E-state index in [1.807, 2.05) is 32.4 Å². The normalized spacial score (nSPS) is 11.8. The number of halogens is 2. The Morgan fingerprint density at radius 1 is 1.18 bits per heavy atom. The summed E-state index contributed by atoms with van der Waals surface area (Å²) in [4.78, 5) is 13.7. The van der Waals surface area contributed by atoms with Crippen molar-refractivity contribution in [2.45, 2.75) is 37.0 Å². The maximum absolute atomic E-state index is 13.0. The first-order chi connectivity index (χ1) is 13.1. The molecule has 148 valence electrons. The van der Waals surface area contributed by atoms with Crippen LogP contribution in [0.1, 0.15) is 36.8 Å². The lowest BCUT2D eigenvalue weighted by molar-refractivity contribution is 0.00707. The van der Waals surface area contributed by atoms with Crippen LogP contribution in [0, 0.1) is 0 Å². The summed E-state index contributed by atoms with van der Waals surface area (Å²) in [6.07, 6.45) is 0. The zero-order chi connectivity index (χ0) is 20.6. The second-order valence-electron chi connectivity index (χ2n) is 7.42. The van der Waals surface area contributed by atoms with Gasteiger partial charge in [0.25, 0.3) is 0 Å². The number of rotatable bonds is 4. The number of hydrogen-bond acceptors (Lipinski definition) is 4. The molecule has 7 heteroatoms. The van der Waals surface area contributed by atoms with Gasteiger partial charge in [0.1, 0.15) is 11.4 Å². The standard InChI is InChI=1S/C21H21Cl2NO3S/c1-21(2,3)27-20(26)18-13-10-12(25)8-9-16(13)24(4)17(18)11-28-19-14(22)6-5-7-15(19)23/h5-10,25H,11H2,1-4H3. The predicted molar refractivity (Wildman–Crippen MR) is 116 cm³/mol. The Morgan fingerprint density at radius 3 is 2.43 bits per heavy atom. The molecule has 0 fully saturated rings. The summed E-state index contributed by atoms with van der Waals surface area (Å²) in [6, 6.07) is 10.3. The smallest absolute Gasteiger partial charge is 0.341 e. The van der Waals surface area contributed by atoms with E-state index >= 15 is 0 Å². The molecule has 0 unspecified atom stereocenters. The van der Waals surface area contributed by atoms with Crippen LogP contribution in [-0.4, -0.2) is 21.2 Å². The molecule has 0 aliphatic rings. The zero-order valence-corrected chi connectivity index (χ0v) is 18.4. The van der Waals surface area contributed by atoms with Crippen LogP contribution in [0.4, 0.5) is 0 Å². The number of aromatic hydroxyl groups is 1. The minimum Gasteiger partial charge on any atom is -0.508 e. The van der Waals surface area contributed by atoms with Gasteiger partial charge in [-0.25, -0.2) is 4.79 Å². The number of fused-ring (bicyclic) bond motifs is 1. The van der Waals surface area contributed by atoms with E-state index in [0.717, 1.165) is 16.1 Å². The molecule has 3 rings (SSSR count). The first-order valence-electron chi connectivity index (χ1n) is 8.69. The number of nitrogens with zero attached hydrogens (tertiary/aromatic N) is 1. The molecular weight excluding hydrogens is 417 g/mol. The molecule has 1 N–H and O–H groups in total. The van der Waals surface area contributed by atoms with Crippen molar-refractivity contribution in [3.05, 3.63) is 57.7 Å². The van der Waals surface area contributed by atoms with Crippen molar-refractivity contribution >= 4 is 51.8 Å². The Morgan fingerprint density at radius 2 is 1.82 bits per heavy atom. The fraction of sp³-hybridized carbons (Fsp3) is 0.286. The summed E-state index contributed by atoms with van der Waals surface area (Å²) < 4.78 is 7.57. The van der Waals surface area contributed by atoms with Gasteiger partial charge in [-0.2, -0.15) is 0 Å². The van der Waals surface area contributed by atoms with Crippen LogP contribution in [0.3, 0.4) is 0 Å². The summed E-state index contributed by atoms with van der Waals surface area (Å²) in [6.45, 7) is 5.47. The summed E-state index contributed by atoms with van der Waals surface area (Å²) in [5, 5.41) is 11.7. The number of ether oxygens (including phenoxy) is 1. The molecule has 4 nitrogen and oxygen atoms in total. The van der Waals surface area contributed by atoms with Crippen molar-refractivity contribution in [2.24, 2.45) is 7.05 Å². The predicted octanol–water partition coefficient (Wildman–Crippen LogP) is 6.44. The van der Waals surface area contributed by atoms with E-state index in [0.29, 0.717) is 26.7 Å². The van der Waals surface area contributed by atoms with Crippen molar-refractivity contribution in [1.29, 1.82) is 0 Å². The highest BCUT2D eigenvalue weighted by molar-refractivity contribution is 7.98. The van der Waals surface area contributed by atoms with E-state index in [4.69, 9.17) is 27.9 Å². The molecule has 0 aliphatic carbocycles. The minimum absolute atomic E-state index is 0.0938. The van der Waals surface area contributed by atoms with E-state index in [-0.39, 0.29) is 5.75 Å². The highest BCUT2D eigenvalue weighted by atomic mass is 35.5. The van der Waals surface area contributed by atoms with E-state index in [2.05, 4.69) is 0 Å². The van der Waals surface area contributed by atoms with Crippen LogP contribution >= 0.6 is 35.0 Å². The largest absolute Gasteiger partial charge is 0.508 e. The first kappa shape index (κ1) is 20.9. The number of aromatic nitrogens is 1. The van der Waals surface area contributed by atoms with Crippen LogP contribution < -0.4 is 0 Å². The summed E-state index contributed by atoms with van der Waals surface area (Å²) >= 11 is 14.0. The lowest BCUT2D eigenvalue weighted by Gasteiger charge is -2.20. The van der Waals surface area contributed by atoms with Crippen LogP contribution in [0.15, 0.2) is 41.3 Å². The first-order valence-corrected chi connectivity index (χ1v) is 10.4.